The van der Waals surface area contributed by atoms with Gasteiger partial charge in [-0.05, 0) is 43.0 Å². The van der Waals surface area contributed by atoms with Gasteiger partial charge in [-0.2, -0.15) is 5.26 Å². The first-order valence-corrected chi connectivity index (χ1v) is 12.6. The SMILES string of the molecule is CCC(CC(C#N)NC(=O)[C@H](C)NC(=O)[C@H](Cc1ccc(F)cc1)NC(=O)OCc1ccccc1)C(=O)NC.[HH].[HH].[HH]. The number of nitrogens with one attached hydrogen (secondary N) is 4. The summed E-state index contributed by atoms with van der Waals surface area (Å²) >= 11 is 0. The summed E-state index contributed by atoms with van der Waals surface area (Å²) in [6, 6.07) is 13.2. The standard InChI is InChI=1S/C28H34FN5O5.3H2/c1-4-21(26(36)31-3)15-23(16-30)33-25(35)18(2)32-27(37)24(14-19-10-12-22(29)13-11-19)34-28(38)39-17-20-8-6-5-7-9-20;;;/h5-13,18,21,23-24H,4,14-15,17H2,1-3H3,(H,31,36)(H,32,37)(H,33,35)(H,34,38);3*1H/t18-,21?,23?,24-;;;/m0.../s1. The Morgan fingerprint density at radius 2 is 1.62 bits per heavy atom. The van der Waals surface area contributed by atoms with Gasteiger partial charge in [0.05, 0.1) is 6.07 Å². The van der Waals surface area contributed by atoms with E-state index in [9.17, 15) is 28.8 Å². The number of rotatable bonds is 13. The Hall–Kier alpha value is -4.46. The molecule has 2 aromatic carbocycles. The van der Waals surface area contributed by atoms with Crippen LogP contribution in [0.3, 0.4) is 0 Å². The average Bonchev–Trinajstić information content (AvgIpc) is 2.94. The Morgan fingerprint density at radius 3 is 2.21 bits per heavy atom. The number of nitriles is 1. The summed E-state index contributed by atoms with van der Waals surface area (Å²) in [6.07, 6.45) is -0.243. The highest BCUT2D eigenvalue weighted by atomic mass is 19.1. The zero-order valence-corrected chi connectivity index (χ0v) is 22.2. The van der Waals surface area contributed by atoms with Crippen molar-refractivity contribution in [1.29, 1.82) is 5.26 Å². The predicted octanol–water partition coefficient (Wildman–Crippen LogP) is 3.08. The molecule has 0 saturated carbocycles. The number of hydrogen-bond acceptors (Lipinski definition) is 6. The van der Waals surface area contributed by atoms with Gasteiger partial charge in [0.15, 0.2) is 0 Å². The molecule has 0 aliphatic carbocycles. The highest BCUT2D eigenvalue weighted by Crippen LogP contribution is 2.12. The number of carbonyl (C=O) groups is 4. The van der Waals surface area contributed by atoms with Crippen molar-refractivity contribution in [1.82, 2.24) is 21.3 Å². The number of carbonyl (C=O) groups excluding carboxylic acids is 4. The maximum Gasteiger partial charge on any atom is 0.408 e. The van der Waals surface area contributed by atoms with Gasteiger partial charge in [0.2, 0.25) is 17.7 Å². The molecule has 0 radical (unpaired) electrons. The molecule has 0 aromatic heterocycles. The van der Waals surface area contributed by atoms with E-state index < -0.39 is 47.8 Å². The van der Waals surface area contributed by atoms with E-state index in [-0.39, 0.29) is 29.6 Å². The summed E-state index contributed by atoms with van der Waals surface area (Å²) in [6.45, 7) is 3.22. The van der Waals surface area contributed by atoms with Crippen LogP contribution in [0.15, 0.2) is 54.6 Å². The van der Waals surface area contributed by atoms with Crippen LogP contribution in [0.4, 0.5) is 9.18 Å². The third-order valence-electron chi connectivity index (χ3n) is 6.03. The molecule has 4 amide bonds. The van der Waals surface area contributed by atoms with Gasteiger partial charge in [-0.3, -0.25) is 14.4 Å². The predicted molar refractivity (Wildman–Crippen MR) is 148 cm³/mol. The molecule has 2 aromatic rings. The Balaban J connectivity index is 0. The maximum atomic E-state index is 13.4. The van der Waals surface area contributed by atoms with Gasteiger partial charge in [-0.25, -0.2) is 9.18 Å². The second-order valence-corrected chi connectivity index (χ2v) is 8.96. The topological polar surface area (TPSA) is 149 Å². The first-order valence-electron chi connectivity index (χ1n) is 12.6. The van der Waals surface area contributed by atoms with Crippen LogP contribution in [0.1, 0.15) is 42.1 Å². The smallest absolute Gasteiger partial charge is 0.408 e. The number of amides is 4. The van der Waals surface area contributed by atoms with Gasteiger partial charge in [0, 0.05) is 23.7 Å². The van der Waals surface area contributed by atoms with Crippen molar-refractivity contribution in [2.45, 2.75) is 57.8 Å². The van der Waals surface area contributed by atoms with Crippen molar-refractivity contribution < 1.29 is 32.6 Å². The van der Waals surface area contributed by atoms with Crippen molar-refractivity contribution in [3.05, 3.63) is 71.5 Å². The summed E-state index contributed by atoms with van der Waals surface area (Å²) in [5.41, 5.74) is 1.33. The number of ether oxygens (including phenoxy) is 1. The molecule has 0 aliphatic rings. The molecule has 4 N–H and O–H groups in total. The largest absolute Gasteiger partial charge is 0.445 e. The summed E-state index contributed by atoms with van der Waals surface area (Å²) in [5.74, 6) is -2.45. The van der Waals surface area contributed by atoms with E-state index >= 15 is 0 Å². The van der Waals surface area contributed by atoms with Crippen molar-refractivity contribution in [3.8, 4) is 6.07 Å². The van der Waals surface area contributed by atoms with Crippen molar-refractivity contribution in [3.63, 3.8) is 0 Å². The zero-order chi connectivity index (χ0) is 28.8. The van der Waals surface area contributed by atoms with Gasteiger partial charge in [0.25, 0.3) is 0 Å². The number of halogens is 1. The van der Waals surface area contributed by atoms with Crippen LogP contribution >= 0.6 is 0 Å². The van der Waals surface area contributed by atoms with Crippen LogP contribution in [-0.2, 0) is 32.1 Å². The van der Waals surface area contributed by atoms with E-state index in [1.807, 2.05) is 12.1 Å². The van der Waals surface area contributed by atoms with E-state index in [1.165, 1.54) is 38.2 Å². The third-order valence-corrected chi connectivity index (χ3v) is 6.03. The van der Waals surface area contributed by atoms with Gasteiger partial charge >= 0.3 is 6.09 Å². The number of benzene rings is 2. The van der Waals surface area contributed by atoms with Crippen molar-refractivity contribution in [2.24, 2.45) is 5.92 Å². The Morgan fingerprint density at radius 1 is 0.949 bits per heavy atom. The molecule has 0 bridgehead atoms. The van der Waals surface area contributed by atoms with E-state index in [0.29, 0.717) is 12.0 Å². The maximum absolute atomic E-state index is 13.4. The molecule has 10 nitrogen and oxygen atoms in total. The summed E-state index contributed by atoms with van der Waals surface area (Å²) < 4.78 is 18.6. The van der Waals surface area contributed by atoms with E-state index in [1.54, 1.807) is 31.2 Å². The van der Waals surface area contributed by atoms with E-state index in [4.69, 9.17) is 4.74 Å². The molecular weight excluding hydrogens is 505 g/mol. The second kappa shape index (κ2) is 15.7. The normalized spacial score (nSPS) is 13.5. The summed E-state index contributed by atoms with van der Waals surface area (Å²) in [7, 11) is 1.50. The molecule has 0 fully saturated rings. The molecular formula is C28H40FN5O5. The minimum atomic E-state index is -1.14. The lowest BCUT2D eigenvalue weighted by Gasteiger charge is -2.23. The first kappa shape index (κ1) is 30.8. The van der Waals surface area contributed by atoms with Crippen LogP contribution in [-0.4, -0.2) is 49.0 Å². The highest BCUT2D eigenvalue weighted by molar-refractivity contribution is 5.91. The lowest BCUT2D eigenvalue weighted by atomic mass is 9.96. The van der Waals surface area contributed by atoms with Crippen molar-refractivity contribution in [2.75, 3.05) is 7.05 Å². The molecule has 0 aliphatic heterocycles. The second-order valence-electron chi connectivity index (χ2n) is 8.96. The molecule has 11 heteroatoms. The van der Waals surface area contributed by atoms with Crippen LogP contribution in [0, 0.1) is 23.1 Å². The quantitative estimate of drug-likeness (QED) is 0.304. The summed E-state index contributed by atoms with van der Waals surface area (Å²) in [4.78, 5) is 50.3. The molecule has 2 unspecified atom stereocenters. The molecule has 0 heterocycles. The fraction of sp³-hybridized carbons (Fsp3) is 0.393. The van der Waals surface area contributed by atoms with Gasteiger partial charge in [-0.1, -0.05) is 49.4 Å². The molecule has 4 atom stereocenters. The highest BCUT2D eigenvalue weighted by Gasteiger charge is 2.28. The monoisotopic (exact) mass is 545 g/mol. The lowest BCUT2D eigenvalue weighted by Crippen LogP contribution is -2.54. The zero-order valence-electron chi connectivity index (χ0n) is 22.2. The van der Waals surface area contributed by atoms with Crippen LogP contribution < -0.4 is 21.3 Å². The fourth-order valence-corrected chi connectivity index (χ4v) is 3.74. The Kier molecular flexibility index (Phi) is 12.4. The fourth-order valence-electron chi connectivity index (χ4n) is 3.74. The Labute approximate surface area is 231 Å². The first-order chi connectivity index (χ1) is 18.7. The lowest BCUT2D eigenvalue weighted by molar-refractivity contribution is -0.130. The number of nitrogens with zero attached hydrogens (tertiary/aromatic N) is 1. The molecule has 214 valence electrons. The molecule has 39 heavy (non-hydrogen) atoms. The average molecular weight is 546 g/mol. The van der Waals surface area contributed by atoms with Crippen molar-refractivity contribution >= 4 is 23.8 Å². The molecule has 0 saturated heterocycles. The minimum Gasteiger partial charge on any atom is -0.445 e. The van der Waals surface area contributed by atoms with Gasteiger partial charge in [0.1, 0.15) is 30.5 Å². The van der Waals surface area contributed by atoms with E-state index in [0.717, 1.165) is 5.56 Å². The Bertz CT molecular complexity index is 1170. The molecule has 0 spiro atoms. The van der Waals surface area contributed by atoms with Crippen LogP contribution in [0.5, 0.6) is 0 Å². The van der Waals surface area contributed by atoms with Gasteiger partial charge in [-0.15, -0.1) is 0 Å². The summed E-state index contributed by atoms with van der Waals surface area (Å²) in [5, 5.41) is 19.6. The minimum absolute atomic E-state index is 0. The third kappa shape index (κ3) is 10.4. The molecule has 2 rings (SSSR count). The van der Waals surface area contributed by atoms with Gasteiger partial charge < -0.3 is 26.0 Å². The number of hydrogen-bond donors (Lipinski definition) is 4. The number of alkyl carbamates (subject to hydrolysis) is 1. The van der Waals surface area contributed by atoms with E-state index in [2.05, 4.69) is 21.3 Å². The van der Waals surface area contributed by atoms with Crippen LogP contribution in [0.25, 0.3) is 0 Å². The van der Waals surface area contributed by atoms with Crippen LogP contribution in [0.2, 0.25) is 0 Å².